The zero-order valence-electron chi connectivity index (χ0n) is 23.9. The highest BCUT2D eigenvalue weighted by atomic mass is 19.1. The van der Waals surface area contributed by atoms with Crippen molar-refractivity contribution in [3.8, 4) is 28.1 Å². The quantitative estimate of drug-likeness (QED) is 0.283. The predicted molar refractivity (Wildman–Crippen MR) is 156 cm³/mol. The predicted octanol–water partition coefficient (Wildman–Crippen LogP) is 4.87. The Bertz CT molecular complexity index is 1890. The first-order chi connectivity index (χ1) is 21.4. The minimum Gasteiger partial charge on any atom is -0.494 e. The van der Waals surface area contributed by atoms with Crippen LogP contribution in [0.3, 0.4) is 0 Å². The van der Waals surface area contributed by atoms with Crippen molar-refractivity contribution in [1.29, 1.82) is 0 Å². The third-order valence-corrected chi connectivity index (χ3v) is 9.30. The summed E-state index contributed by atoms with van der Waals surface area (Å²) in [6.45, 7) is 0. The number of amides is 1. The number of anilines is 1. The van der Waals surface area contributed by atoms with E-state index in [1.54, 1.807) is 29.0 Å². The number of piperidine rings is 1. The van der Waals surface area contributed by atoms with Crippen LogP contribution in [-0.4, -0.2) is 64.8 Å². The number of halogens is 2. The summed E-state index contributed by atoms with van der Waals surface area (Å²) in [6, 6.07) is 5.71. The number of nitrogens with zero attached hydrogens (tertiary/aromatic N) is 7. The number of carbonyl (C=O) groups excluding carboxylic acids is 1. The van der Waals surface area contributed by atoms with E-state index in [0.29, 0.717) is 17.4 Å². The van der Waals surface area contributed by atoms with Crippen LogP contribution in [0.15, 0.2) is 43.0 Å². The van der Waals surface area contributed by atoms with E-state index >= 15 is 0 Å². The highest BCUT2D eigenvalue weighted by Crippen LogP contribution is 2.50. The lowest BCUT2D eigenvalue weighted by molar-refractivity contribution is 0.0557. The van der Waals surface area contributed by atoms with E-state index < -0.39 is 11.6 Å². The summed E-state index contributed by atoms with van der Waals surface area (Å²) in [5, 5.41) is 12.3. The lowest BCUT2D eigenvalue weighted by Gasteiger charge is -2.39. The SMILES string of the molecule is COc1cc(F)c(-c2ccc(-c3cnn4c(N)c(C5CC5)c([C@H]5C[C@H]6CC[C@@H](C5)N6C(=O)c5nnc[nH]5)nc34)cn2)cc1F. The van der Waals surface area contributed by atoms with Crippen molar-refractivity contribution >= 4 is 17.4 Å². The number of hydrogen-bond acceptors (Lipinski definition) is 8. The fourth-order valence-electron chi connectivity index (χ4n) is 7.11. The summed E-state index contributed by atoms with van der Waals surface area (Å²) in [6.07, 6.45) is 10.3. The third kappa shape index (κ3) is 4.20. The molecule has 3 N–H and O–H groups in total. The number of aromatic nitrogens is 7. The van der Waals surface area contributed by atoms with Crippen molar-refractivity contribution in [2.45, 2.75) is 62.4 Å². The minimum atomic E-state index is -0.669. The molecule has 2 aliphatic heterocycles. The molecular weight excluding hydrogens is 568 g/mol. The summed E-state index contributed by atoms with van der Waals surface area (Å²) in [5.41, 5.74) is 11.3. The van der Waals surface area contributed by atoms with Gasteiger partial charge in [0, 0.05) is 52.5 Å². The van der Waals surface area contributed by atoms with Crippen molar-refractivity contribution in [1.82, 2.24) is 39.7 Å². The molecule has 1 aromatic carbocycles. The second-order valence-electron chi connectivity index (χ2n) is 11.9. The monoisotopic (exact) mass is 597 g/mol. The van der Waals surface area contributed by atoms with E-state index in [1.165, 1.54) is 13.4 Å². The number of methoxy groups -OCH3 is 1. The Labute approximate surface area is 250 Å². The van der Waals surface area contributed by atoms with E-state index in [0.717, 1.165) is 73.0 Å². The molecular formula is C31H29F2N9O2. The lowest BCUT2D eigenvalue weighted by atomic mass is 9.85. The van der Waals surface area contributed by atoms with Gasteiger partial charge in [-0.2, -0.15) is 9.61 Å². The first-order valence-corrected chi connectivity index (χ1v) is 14.8. The van der Waals surface area contributed by atoms with Crippen LogP contribution in [-0.2, 0) is 0 Å². The number of fused-ring (bicyclic) bond motifs is 3. The minimum absolute atomic E-state index is 0.0382. The van der Waals surface area contributed by atoms with Crippen molar-refractivity contribution in [3.05, 3.63) is 71.7 Å². The summed E-state index contributed by atoms with van der Waals surface area (Å²) in [5.74, 6) is -0.221. The van der Waals surface area contributed by atoms with Crippen LogP contribution < -0.4 is 10.5 Å². The molecule has 224 valence electrons. The van der Waals surface area contributed by atoms with Gasteiger partial charge in [-0.25, -0.2) is 13.8 Å². The Kier molecular flexibility index (Phi) is 6.10. The van der Waals surface area contributed by atoms with Crippen LogP contribution >= 0.6 is 0 Å². The number of ether oxygens (including phenoxy) is 1. The molecule has 3 fully saturated rings. The average Bonchev–Trinajstić information content (AvgIpc) is 3.41. The summed E-state index contributed by atoms with van der Waals surface area (Å²) in [7, 11) is 1.29. The number of nitrogens with two attached hydrogens (primary N) is 1. The van der Waals surface area contributed by atoms with Crippen LogP contribution in [0, 0.1) is 11.6 Å². The van der Waals surface area contributed by atoms with E-state index in [-0.39, 0.29) is 46.7 Å². The van der Waals surface area contributed by atoms with Gasteiger partial charge in [0.25, 0.3) is 5.91 Å². The highest BCUT2D eigenvalue weighted by molar-refractivity contribution is 5.91. The molecule has 44 heavy (non-hydrogen) atoms. The average molecular weight is 598 g/mol. The number of pyridine rings is 1. The third-order valence-electron chi connectivity index (χ3n) is 9.30. The molecule has 1 aliphatic carbocycles. The standard InChI is InChI=1S/C31H29F2N9O2/c1-44-25-11-22(32)20(10-23(25)33)24-7-4-16(12-35-24)21-13-38-42-28(34)26(15-2-3-15)27(39-30(21)42)17-8-18-5-6-19(9-17)41(18)31(43)29-36-14-37-40-29/h4,7,10-15,17-19H,2-3,5-6,8-9,34H2,1H3,(H,36,37,40)/t17-,18+,19-. The van der Waals surface area contributed by atoms with Gasteiger partial charge in [-0.1, -0.05) is 6.07 Å². The molecule has 0 unspecified atom stereocenters. The van der Waals surface area contributed by atoms with Gasteiger partial charge < -0.3 is 20.4 Å². The maximum atomic E-state index is 14.7. The highest BCUT2D eigenvalue weighted by Gasteiger charge is 2.46. The van der Waals surface area contributed by atoms with Crippen LogP contribution in [0.4, 0.5) is 14.6 Å². The number of H-pyrrole nitrogens is 1. The number of benzene rings is 1. The molecule has 3 aliphatic rings. The second kappa shape index (κ2) is 10.1. The number of hydrogen-bond donors (Lipinski definition) is 2. The molecule has 4 aromatic heterocycles. The molecule has 2 saturated heterocycles. The number of nitrogen functional groups attached to an aromatic ring is 1. The molecule has 13 heteroatoms. The zero-order chi connectivity index (χ0) is 30.1. The van der Waals surface area contributed by atoms with Crippen LogP contribution in [0.2, 0.25) is 0 Å². The number of carbonyl (C=O) groups is 1. The molecule has 5 aromatic rings. The Hall–Kier alpha value is -4.94. The Balaban J connectivity index is 1.15. The van der Waals surface area contributed by atoms with Crippen molar-refractivity contribution < 1.29 is 18.3 Å². The second-order valence-corrected chi connectivity index (χ2v) is 11.9. The van der Waals surface area contributed by atoms with Crippen LogP contribution in [0.5, 0.6) is 5.75 Å². The van der Waals surface area contributed by atoms with Gasteiger partial charge in [0.15, 0.2) is 17.2 Å². The first kappa shape index (κ1) is 26.7. The fraction of sp³-hybridized carbons (Fsp3) is 0.355. The Morgan fingerprint density at radius 2 is 1.82 bits per heavy atom. The van der Waals surface area contributed by atoms with Gasteiger partial charge >= 0.3 is 0 Å². The Morgan fingerprint density at radius 3 is 2.48 bits per heavy atom. The molecule has 3 atom stereocenters. The van der Waals surface area contributed by atoms with Crippen molar-refractivity contribution in [2.75, 3.05) is 12.8 Å². The van der Waals surface area contributed by atoms with E-state index in [4.69, 9.17) is 15.5 Å². The maximum absolute atomic E-state index is 14.7. The van der Waals surface area contributed by atoms with Gasteiger partial charge in [-0.15, -0.1) is 10.2 Å². The van der Waals surface area contributed by atoms with Gasteiger partial charge in [0.2, 0.25) is 5.82 Å². The number of rotatable bonds is 6. The van der Waals surface area contributed by atoms with Gasteiger partial charge in [-0.05, 0) is 56.6 Å². The largest absolute Gasteiger partial charge is 0.494 e. The van der Waals surface area contributed by atoms with Gasteiger partial charge in [-0.3, -0.25) is 9.78 Å². The van der Waals surface area contributed by atoms with Crippen LogP contribution in [0.1, 0.15) is 72.2 Å². The lowest BCUT2D eigenvalue weighted by Crippen LogP contribution is -2.46. The van der Waals surface area contributed by atoms with E-state index in [2.05, 4.69) is 25.3 Å². The summed E-state index contributed by atoms with van der Waals surface area (Å²) in [4.78, 5) is 27.7. The van der Waals surface area contributed by atoms with Crippen molar-refractivity contribution in [2.24, 2.45) is 0 Å². The fourth-order valence-corrected chi connectivity index (χ4v) is 7.11. The molecule has 8 rings (SSSR count). The number of nitrogens with one attached hydrogen (secondary N) is 1. The van der Waals surface area contributed by atoms with Crippen molar-refractivity contribution in [3.63, 3.8) is 0 Å². The summed E-state index contributed by atoms with van der Waals surface area (Å²) < 4.78 is 35.6. The smallest absolute Gasteiger partial charge is 0.292 e. The molecule has 0 radical (unpaired) electrons. The zero-order valence-corrected chi connectivity index (χ0v) is 23.9. The molecule has 11 nitrogen and oxygen atoms in total. The van der Waals surface area contributed by atoms with E-state index in [9.17, 15) is 13.6 Å². The molecule has 2 bridgehead atoms. The maximum Gasteiger partial charge on any atom is 0.292 e. The molecule has 6 heterocycles. The summed E-state index contributed by atoms with van der Waals surface area (Å²) >= 11 is 0. The first-order valence-electron chi connectivity index (χ1n) is 14.8. The molecule has 1 saturated carbocycles. The number of aromatic amines is 1. The van der Waals surface area contributed by atoms with Gasteiger partial charge in [0.1, 0.15) is 18.0 Å². The normalized spacial score (nSPS) is 21.2. The van der Waals surface area contributed by atoms with E-state index in [1.807, 2.05) is 4.90 Å². The van der Waals surface area contributed by atoms with Crippen LogP contribution in [0.25, 0.3) is 28.0 Å². The topological polar surface area (TPSA) is 140 Å². The Morgan fingerprint density at radius 1 is 1.02 bits per heavy atom. The molecule has 0 spiro atoms. The molecule has 1 amide bonds. The van der Waals surface area contributed by atoms with Gasteiger partial charge in [0.05, 0.1) is 24.7 Å².